The van der Waals surface area contributed by atoms with Crippen LogP contribution >= 0.6 is 38.9 Å². The van der Waals surface area contributed by atoms with Gasteiger partial charge in [0, 0.05) is 17.8 Å². The lowest BCUT2D eigenvalue weighted by Crippen LogP contribution is -2.24. The number of carbonyl (C=O) groups is 1. The van der Waals surface area contributed by atoms with Gasteiger partial charge in [0.2, 0.25) is 0 Å². The van der Waals surface area contributed by atoms with Crippen molar-refractivity contribution in [2.24, 2.45) is 10.9 Å². The monoisotopic (exact) mass is 414 g/mol. The molecule has 1 amide bonds. The molecule has 23 heavy (non-hydrogen) atoms. The van der Waals surface area contributed by atoms with Crippen molar-refractivity contribution in [1.29, 1.82) is 0 Å². The van der Waals surface area contributed by atoms with Crippen LogP contribution in [0, 0.1) is 5.92 Å². The van der Waals surface area contributed by atoms with E-state index < -0.39 is 0 Å². The van der Waals surface area contributed by atoms with E-state index >= 15 is 0 Å². The van der Waals surface area contributed by atoms with Crippen LogP contribution < -0.4 is 9.54 Å². The highest BCUT2D eigenvalue weighted by molar-refractivity contribution is 9.11. The Morgan fingerprint density at radius 1 is 1.52 bits per heavy atom. The SMILES string of the molecule is COc1ccc(Cl)cc1C(=O)/N=c1\sc(Br)cn1CC1CCC1. The number of aromatic nitrogens is 1. The summed E-state index contributed by atoms with van der Waals surface area (Å²) in [5.74, 6) is 0.816. The van der Waals surface area contributed by atoms with Crippen molar-refractivity contribution in [3.05, 3.63) is 43.6 Å². The van der Waals surface area contributed by atoms with Crippen molar-refractivity contribution >= 4 is 44.8 Å². The summed E-state index contributed by atoms with van der Waals surface area (Å²) in [4.78, 5) is 17.5. The van der Waals surface area contributed by atoms with E-state index in [1.807, 2.05) is 10.8 Å². The zero-order chi connectivity index (χ0) is 16.4. The fourth-order valence-corrected chi connectivity index (χ4v) is 4.10. The average Bonchev–Trinajstić information content (AvgIpc) is 2.82. The molecule has 0 bridgehead atoms. The molecule has 0 atom stereocenters. The second-order valence-electron chi connectivity index (χ2n) is 5.53. The summed E-state index contributed by atoms with van der Waals surface area (Å²) < 4.78 is 8.24. The minimum Gasteiger partial charge on any atom is -0.496 e. The van der Waals surface area contributed by atoms with Gasteiger partial charge in [-0.15, -0.1) is 0 Å². The maximum Gasteiger partial charge on any atom is 0.283 e. The molecule has 7 heteroatoms. The maximum atomic E-state index is 12.5. The van der Waals surface area contributed by atoms with Crippen molar-refractivity contribution in [1.82, 2.24) is 4.57 Å². The largest absolute Gasteiger partial charge is 0.496 e. The lowest BCUT2D eigenvalue weighted by Gasteiger charge is -2.25. The molecule has 1 aliphatic rings. The Labute approximate surface area is 151 Å². The van der Waals surface area contributed by atoms with Crippen LogP contribution in [0.15, 0.2) is 33.2 Å². The number of ether oxygens (including phenoxy) is 1. The first-order valence-corrected chi connectivity index (χ1v) is 9.34. The Balaban J connectivity index is 1.94. The molecule has 3 rings (SSSR count). The van der Waals surface area contributed by atoms with Crippen LogP contribution in [0.4, 0.5) is 0 Å². The molecule has 1 aromatic carbocycles. The lowest BCUT2D eigenvalue weighted by molar-refractivity contribution is 0.0994. The van der Waals surface area contributed by atoms with Gasteiger partial charge >= 0.3 is 0 Å². The molecule has 0 aliphatic heterocycles. The Kier molecular flexibility index (Phi) is 5.24. The highest BCUT2D eigenvalue weighted by atomic mass is 79.9. The third-order valence-corrected chi connectivity index (χ3v) is 5.69. The number of hydrogen-bond donors (Lipinski definition) is 0. The summed E-state index contributed by atoms with van der Waals surface area (Å²) in [5.41, 5.74) is 0.375. The van der Waals surface area contributed by atoms with Crippen molar-refractivity contribution < 1.29 is 9.53 Å². The molecule has 0 unspecified atom stereocenters. The Morgan fingerprint density at radius 2 is 2.30 bits per heavy atom. The molecule has 1 fully saturated rings. The summed E-state index contributed by atoms with van der Waals surface area (Å²) in [5, 5.41) is 0.485. The number of hydrogen-bond acceptors (Lipinski definition) is 3. The van der Waals surface area contributed by atoms with Gasteiger partial charge in [0.1, 0.15) is 5.75 Å². The van der Waals surface area contributed by atoms with Gasteiger partial charge in [-0.3, -0.25) is 4.79 Å². The Bertz CT molecular complexity index is 796. The van der Waals surface area contributed by atoms with Gasteiger partial charge in [0.25, 0.3) is 5.91 Å². The minimum absolute atomic E-state index is 0.346. The van der Waals surface area contributed by atoms with Gasteiger partial charge < -0.3 is 9.30 Å². The Hall–Kier alpha value is -1.11. The van der Waals surface area contributed by atoms with E-state index in [1.54, 1.807) is 18.2 Å². The highest BCUT2D eigenvalue weighted by Gasteiger charge is 2.19. The summed E-state index contributed by atoms with van der Waals surface area (Å²) >= 11 is 10.9. The molecular weight excluding hydrogens is 400 g/mol. The van der Waals surface area contributed by atoms with Gasteiger partial charge in [0.15, 0.2) is 4.80 Å². The molecule has 0 radical (unpaired) electrons. The number of methoxy groups -OCH3 is 1. The Morgan fingerprint density at radius 3 is 2.96 bits per heavy atom. The van der Waals surface area contributed by atoms with Crippen LogP contribution in [0.3, 0.4) is 0 Å². The van der Waals surface area contributed by atoms with E-state index in [0.29, 0.717) is 27.1 Å². The number of halogens is 2. The summed E-state index contributed by atoms with van der Waals surface area (Å²) in [7, 11) is 1.53. The summed E-state index contributed by atoms with van der Waals surface area (Å²) in [6, 6.07) is 4.96. The molecule has 2 aromatic rings. The molecule has 0 spiro atoms. The molecule has 1 heterocycles. The van der Waals surface area contributed by atoms with E-state index in [1.165, 1.54) is 37.7 Å². The van der Waals surface area contributed by atoms with Gasteiger partial charge in [-0.05, 0) is 52.9 Å². The standard InChI is InChI=1S/C16H16BrClN2O2S/c1-22-13-6-5-11(18)7-12(13)15(21)19-16-20(9-14(17)23-16)8-10-3-2-4-10/h5-7,9-10H,2-4,8H2,1H3/b19-16-. The van der Waals surface area contributed by atoms with Crippen molar-refractivity contribution in [3.63, 3.8) is 0 Å². The van der Waals surface area contributed by atoms with Crippen LogP contribution in [-0.2, 0) is 6.54 Å². The van der Waals surface area contributed by atoms with Crippen LogP contribution in [-0.4, -0.2) is 17.6 Å². The number of rotatable bonds is 4. The van der Waals surface area contributed by atoms with E-state index in [-0.39, 0.29) is 5.91 Å². The number of benzene rings is 1. The first-order valence-electron chi connectivity index (χ1n) is 7.35. The number of amides is 1. The third kappa shape index (κ3) is 3.87. The lowest BCUT2D eigenvalue weighted by atomic mass is 9.85. The zero-order valence-electron chi connectivity index (χ0n) is 12.6. The fraction of sp³-hybridized carbons (Fsp3) is 0.375. The van der Waals surface area contributed by atoms with E-state index in [4.69, 9.17) is 16.3 Å². The second kappa shape index (κ2) is 7.20. The van der Waals surface area contributed by atoms with Gasteiger partial charge in [-0.25, -0.2) is 0 Å². The number of thiazole rings is 1. The molecule has 1 saturated carbocycles. The normalized spacial score (nSPS) is 15.5. The molecular formula is C16H16BrClN2O2S. The van der Waals surface area contributed by atoms with E-state index in [9.17, 15) is 4.79 Å². The first kappa shape index (κ1) is 16.7. The molecule has 4 nitrogen and oxygen atoms in total. The maximum absolute atomic E-state index is 12.5. The number of carbonyl (C=O) groups excluding carboxylic acids is 1. The zero-order valence-corrected chi connectivity index (χ0v) is 15.7. The van der Waals surface area contributed by atoms with Crippen molar-refractivity contribution in [2.45, 2.75) is 25.8 Å². The van der Waals surface area contributed by atoms with Crippen LogP contribution in [0.2, 0.25) is 5.02 Å². The summed E-state index contributed by atoms with van der Waals surface area (Å²) in [6.07, 6.45) is 5.78. The third-order valence-electron chi connectivity index (χ3n) is 3.96. The fourth-order valence-electron chi connectivity index (χ4n) is 2.52. The van der Waals surface area contributed by atoms with Crippen LogP contribution in [0.25, 0.3) is 0 Å². The predicted molar refractivity (Wildman–Crippen MR) is 95.2 cm³/mol. The highest BCUT2D eigenvalue weighted by Crippen LogP contribution is 2.28. The molecule has 122 valence electrons. The minimum atomic E-state index is -0.346. The average molecular weight is 416 g/mol. The van der Waals surface area contributed by atoms with Crippen molar-refractivity contribution in [3.8, 4) is 5.75 Å². The smallest absolute Gasteiger partial charge is 0.283 e. The quantitative estimate of drug-likeness (QED) is 0.737. The van der Waals surface area contributed by atoms with Gasteiger partial charge in [-0.1, -0.05) is 29.4 Å². The predicted octanol–water partition coefficient (Wildman–Crippen LogP) is 4.52. The first-order chi connectivity index (χ1) is 11.1. The van der Waals surface area contributed by atoms with E-state index in [2.05, 4.69) is 20.9 Å². The molecule has 1 aromatic heterocycles. The number of nitrogens with zero attached hydrogens (tertiary/aromatic N) is 2. The van der Waals surface area contributed by atoms with Crippen molar-refractivity contribution in [2.75, 3.05) is 7.11 Å². The topological polar surface area (TPSA) is 43.6 Å². The van der Waals surface area contributed by atoms with Crippen LogP contribution in [0.1, 0.15) is 29.6 Å². The van der Waals surface area contributed by atoms with Gasteiger partial charge in [-0.2, -0.15) is 4.99 Å². The van der Waals surface area contributed by atoms with Gasteiger partial charge in [0.05, 0.1) is 16.5 Å². The molecule has 0 saturated heterocycles. The molecule has 1 aliphatic carbocycles. The van der Waals surface area contributed by atoms with E-state index in [0.717, 1.165) is 10.3 Å². The molecule has 0 N–H and O–H groups in total. The second-order valence-corrected chi connectivity index (χ2v) is 8.35. The van der Waals surface area contributed by atoms with Crippen LogP contribution in [0.5, 0.6) is 5.75 Å². The summed E-state index contributed by atoms with van der Waals surface area (Å²) in [6.45, 7) is 0.904.